The van der Waals surface area contributed by atoms with Crippen molar-refractivity contribution in [1.29, 1.82) is 0 Å². The quantitative estimate of drug-likeness (QED) is 0.724. The Hall–Kier alpha value is -2.02. The Morgan fingerprint density at radius 3 is 2.39 bits per heavy atom. The van der Waals surface area contributed by atoms with E-state index in [1.54, 1.807) is 20.2 Å². The third kappa shape index (κ3) is 4.69. The number of nitrogens with zero attached hydrogens (tertiary/aromatic N) is 1. The highest BCUT2D eigenvalue weighted by Gasteiger charge is 2.41. The molecule has 1 saturated heterocycles. The lowest BCUT2D eigenvalue weighted by Gasteiger charge is -2.36. The second kappa shape index (κ2) is 8.99. The first-order chi connectivity index (χ1) is 13.4. The number of carbonyl (C=O) groups excluding carboxylic acids is 2. The predicted molar refractivity (Wildman–Crippen MR) is 113 cm³/mol. The summed E-state index contributed by atoms with van der Waals surface area (Å²) in [6.45, 7) is 1.06. The van der Waals surface area contributed by atoms with E-state index in [0.717, 1.165) is 22.2 Å². The van der Waals surface area contributed by atoms with Crippen molar-refractivity contribution in [3.8, 4) is 0 Å². The van der Waals surface area contributed by atoms with E-state index in [0.29, 0.717) is 36.8 Å². The molecule has 0 aliphatic carbocycles. The summed E-state index contributed by atoms with van der Waals surface area (Å²) in [6, 6.07) is 14.8. The van der Waals surface area contributed by atoms with Crippen LogP contribution < -0.4 is 5.32 Å². The molecule has 2 aromatic carbocycles. The molecule has 1 aliphatic heterocycles. The van der Waals surface area contributed by atoms with Crippen molar-refractivity contribution in [2.24, 2.45) is 0 Å². The molecule has 28 heavy (non-hydrogen) atoms. The average molecular weight is 419 g/mol. The van der Waals surface area contributed by atoms with Crippen molar-refractivity contribution in [3.63, 3.8) is 0 Å². The lowest BCUT2D eigenvalue weighted by atomic mass is 9.73. The minimum absolute atomic E-state index is 0.0427. The van der Waals surface area contributed by atoms with Crippen molar-refractivity contribution >= 4 is 40.2 Å². The van der Waals surface area contributed by atoms with Gasteiger partial charge in [0, 0.05) is 42.9 Å². The fraction of sp³-hybridized carbons (Fsp3) is 0.333. The molecule has 0 atom stereocenters. The lowest BCUT2D eigenvalue weighted by Crippen LogP contribution is -2.44. The number of halogens is 1. The number of carbonyl (C=O) groups is 2. The van der Waals surface area contributed by atoms with Gasteiger partial charge in [0.05, 0.1) is 5.41 Å². The third-order valence-electron chi connectivity index (χ3n) is 4.84. The van der Waals surface area contributed by atoms with E-state index in [9.17, 15) is 9.59 Å². The molecule has 1 heterocycles. The third-order valence-corrected chi connectivity index (χ3v) is 6.12. The van der Waals surface area contributed by atoms with Gasteiger partial charge in [0.15, 0.2) is 0 Å². The highest BCUT2D eigenvalue weighted by Crippen LogP contribution is 2.37. The summed E-state index contributed by atoms with van der Waals surface area (Å²) in [5.74, 6) is -0.0668. The van der Waals surface area contributed by atoms with E-state index in [2.05, 4.69) is 5.32 Å². The Kier molecular flexibility index (Phi) is 6.65. The van der Waals surface area contributed by atoms with Crippen LogP contribution >= 0.6 is 23.4 Å². The van der Waals surface area contributed by atoms with Crippen LogP contribution in [0.3, 0.4) is 0 Å². The van der Waals surface area contributed by atoms with E-state index < -0.39 is 5.41 Å². The minimum atomic E-state index is -0.669. The fourth-order valence-electron chi connectivity index (χ4n) is 3.20. The van der Waals surface area contributed by atoms with E-state index in [-0.39, 0.29) is 11.1 Å². The molecule has 1 N–H and O–H groups in total. The molecule has 0 unspecified atom stereocenters. The number of rotatable bonds is 4. The molecular weight excluding hydrogens is 396 g/mol. The summed E-state index contributed by atoms with van der Waals surface area (Å²) in [7, 11) is 3.43. The molecule has 5 nitrogen and oxygen atoms in total. The number of nitrogens with one attached hydrogen (secondary N) is 1. The summed E-state index contributed by atoms with van der Waals surface area (Å²) in [5.41, 5.74) is 0.932. The molecule has 7 heteroatoms. The van der Waals surface area contributed by atoms with Crippen molar-refractivity contribution in [2.45, 2.75) is 23.2 Å². The van der Waals surface area contributed by atoms with Crippen LogP contribution in [0.4, 0.5) is 10.5 Å². The van der Waals surface area contributed by atoms with E-state index in [1.165, 1.54) is 4.90 Å². The SMILES string of the molecule is CN(C)C(=O)Sc1ccc(NC(=O)C2(c3cccc(Cl)c3)CCOCC2)cc1. The van der Waals surface area contributed by atoms with Gasteiger partial charge < -0.3 is 15.0 Å². The topological polar surface area (TPSA) is 58.6 Å². The van der Waals surface area contributed by atoms with Gasteiger partial charge in [-0.2, -0.15) is 0 Å². The predicted octanol–water partition coefficient (Wildman–Crippen LogP) is 4.80. The van der Waals surface area contributed by atoms with Crippen LogP contribution in [-0.4, -0.2) is 43.4 Å². The molecule has 0 bridgehead atoms. The Morgan fingerprint density at radius 1 is 1.11 bits per heavy atom. The van der Waals surface area contributed by atoms with Gasteiger partial charge >= 0.3 is 0 Å². The van der Waals surface area contributed by atoms with E-state index in [4.69, 9.17) is 16.3 Å². The van der Waals surface area contributed by atoms with Gasteiger partial charge in [0.1, 0.15) is 0 Å². The summed E-state index contributed by atoms with van der Waals surface area (Å²) >= 11 is 7.32. The van der Waals surface area contributed by atoms with Gasteiger partial charge in [-0.15, -0.1) is 0 Å². The van der Waals surface area contributed by atoms with Gasteiger partial charge in [0.25, 0.3) is 5.24 Å². The summed E-state index contributed by atoms with van der Waals surface area (Å²) in [6.07, 6.45) is 1.20. The normalized spacial score (nSPS) is 15.7. The van der Waals surface area contributed by atoms with Crippen molar-refractivity contribution in [1.82, 2.24) is 4.90 Å². The molecule has 1 fully saturated rings. The maximum Gasteiger partial charge on any atom is 0.285 e. The molecular formula is C21H23ClN2O3S. The highest BCUT2D eigenvalue weighted by molar-refractivity contribution is 8.13. The van der Waals surface area contributed by atoms with Crippen LogP contribution in [0, 0.1) is 0 Å². The molecule has 0 radical (unpaired) electrons. The van der Waals surface area contributed by atoms with E-state index >= 15 is 0 Å². The lowest BCUT2D eigenvalue weighted by molar-refractivity contribution is -0.125. The second-order valence-corrected chi connectivity index (χ2v) is 8.41. The van der Waals surface area contributed by atoms with Crippen LogP contribution in [-0.2, 0) is 14.9 Å². The van der Waals surface area contributed by atoms with Crippen molar-refractivity contribution in [3.05, 3.63) is 59.1 Å². The van der Waals surface area contributed by atoms with Gasteiger partial charge in [-0.3, -0.25) is 9.59 Å². The summed E-state index contributed by atoms with van der Waals surface area (Å²) in [4.78, 5) is 27.4. The largest absolute Gasteiger partial charge is 0.381 e. The number of benzene rings is 2. The zero-order valence-corrected chi connectivity index (χ0v) is 17.5. The van der Waals surface area contributed by atoms with Crippen LogP contribution in [0.2, 0.25) is 5.02 Å². The first-order valence-corrected chi connectivity index (χ1v) is 10.2. The van der Waals surface area contributed by atoms with Gasteiger partial charge in [-0.1, -0.05) is 23.7 Å². The first-order valence-electron chi connectivity index (χ1n) is 9.05. The Labute approximate surface area is 174 Å². The van der Waals surface area contributed by atoms with Gasteiger partial charge in [0.2, 0.25) is 5.91 Å². The summed E-state index contributed by atoms with van der Waals surface area (Å²) in [5, 5.41) is 3.60. The first kappa shape index (κ1) is 20.7. The number of amides is 2. The monoisotopic (exact) mass is 418 g/mol. The van der Waals surface area contributed by atoms with Gasteiger partial charge in [-0.25, -0.2) is 0 Å². The van der Waals surface area contributed by atoms with Gasteiger partial charge in [-0.05, 0) is 66.6 Å². The number of anilines is 1. The van der Waals surface area contributed by atoms with Crippen molar-refractivity contribution in [2.75, 3.05) is 32.6 Å². The number of hydrogen-bond donors (Lipinski definition) is 1. The maximum absolute atomic E-state index is 13.3. The molecule has 3 rings (SSSR count). The Bertz CT molecular complexity index is 849. The zero-order chi connectivity index (χ0) is 20.1. The number of hydrogen-bond acceptors (Lipinski definition) is 4. The minimum Gasteiger partial charge on any atom is -0.381 e. The molecule has 0 aromatic heterocycles. The number of ether oxygens (including phenoxy) is 1. The Morgan fingerprint density at radius 2 is 1.79 bits per heavy atom. The van der Waals surface area contributed by atoms with Crippen LogP contribution in [0.25, 0.3) is 0 Å². The molecule has 2 amide bonds. The molecule has 1 aliphatic rings. The summed E-state index contributed by atoms with van der Waals surface area (Å²) < 4.78 is 5.50. The second-order valence-electron chi connectivity index (χ2n) is 6.95. The zero-order valence-electron chi connectivity index (χ0n) is 15.9. The fourth-order valence-corrected chi connectivity index (χ4v) is 4.05. The van der Waals surface area contributed by atoms with Crippen LogP contribution in [0.1, 0.15) is 18.4 Å². The number of thioether (sulfide) groups is 1. The molecule has 0 saturated carbocycles. The smallest absolute Gasteiger partial charge is 0.285 e. The molecule has 0 spiro atoms. The molecule has 148 valence electrons. The van der Waals surface area contributed by atoms with E-state index in [1.807, 2.05) is 42.5 Å². The maximum atomic E-state index is 13.3. The van der Waals surface area contributed by atoms with Crippen LogP contribution in [0.5, 0.6) is 0 Å². The standard InChI is InChI=1S/C21H23ClN2O3S/c1-24(2)20(26)28-18-8-6-17(7-9-18)23-19(25)21(10-12-27-13-11-21)15-4-3-5-16(22)14-15/h3-9,14H,10-13H2,1-2H3,(H,23,25). The highest BCUT2D eigenvalue weighted by atomic mass is 35.5. The van der Waals surface area contributed by atoms with Crippen LogP contribution in [0.15, 0.2) is 53.4 Å². The Balaban J connectivity index is 1.78. The average Bonchev–Trinajstić information content (AvgIpc) is 2.69. The van der Waals surface area contributed by atoms with Crippen molar-refractivity contribution < 1.29 is 14.3 Å². The molecule has 2 aromatic rings.